The Morgan fingerprint density at radius 1 is 1.47 bits per heavy atom. The van der Waals surface area contributed by atoms with E-state index >= 15 is 0 Å². The van der Waals surface area contributed by atoms with Gasteiger partial charge in [-0.05, 0) is 12.1 Å². The molecule has 0 bridgehead atoms. The van der Waals surface area contributed by atoms with Gasteiger partial charge in [-0.2, -0.15) is 5.10 Å². The number of hydrogen-bond donors (Lipinski definition) is 2. The molecule has 0 aliphatic rings. The lowest BCUT2D eigenvalue weighted by atomic mass is 10.2. The van der Waals surface area contributed by atoms with Crippen LogP contribution < -0.4 is 15.8 Å². The van der Waals surface area contributed by atoms with E-state index in [9.17, 15) is 0 Å². The molecular weight excluding hydrogens is 218 g/mol. The van der Waals surface area contributed by atoms with Crippen molar-refractivity contribution in [2.24, 2.45) is 7.05 Å². The summed E-state index contributed by atoms with van der Waals surface area (Å²) >= 11 is 0. The molecule has 0 saturated carbocycles. The fourth-order valence-corrected chi connectivity index (χ4v) is 1.47. The Labute approximate surface area is 99.4 Å². The molecule has 2 aromatic rings. The van der Waals surface area contributed by atoms with E-state index in [4.69, 9.17) is 10.5 Å². The summed E-state index contributed by atoms with van der Waals surface area (Å²) in [5, 5.41) is 7.38. The Kier molecular flexibility index (Phi) is 3.13. The van der Waals surface area contributed by atoms with Gasteiger partial charge in [-0.15, -0.1) is 0 Å². The highest BCUT2D eigenvalue weighted by Crippen LogP contribution is 2.24. The van der Waals surface area contributed by atoms with Crippen LogP contribution in [0.4, 0.5) is 11.4 Å². The van der Waals surface area contributed by atoms with E-state index in [1.54, 1.807) is 24.2 Å². The molecule has 1 heterocycles. The fourth-order valence-electron chi connectivity index (χ4n) is 1.47. The van der Waals surface area contributed by atoms with Crippen molar-refractivity contribution in [2.45, 2.75) is 6.54 Å². The standard InChI is InChI=1S/C11H15N5O/c1-16-7-14-11(15-16)6-13-8-3-4-9(12)10(5-8)17-2/h3-5,7,13H,6,12H2,1-2H3. The Morgan fingerprint density at radius 2 is 2.29 bits per heavy atom. The third kappa shape index (κ3) is 2.66. The van der Waals surface area contributed by atoms with Gasteiger partial charge >= 0.3 is 0 Å². The largest absolute Gasteiger partial charge is 0.495 e. The molecule has 0 amide bonds. The van der Waals surface area contributed by atoms with E-state index < -0.39 is 0 Å². The lowest BCUT2D eigenvalue weighted by Gasteiger charge is -2.08. The Bertz CT molecular complexity index is 508. The second-order valence-corrected chi connectivity index (χ2v) is 3.64. The second kappa shape index (κ2) is 4.73. The minimum Gasteiger partial charge on any atom is -0.495 e. The molecule has 17 heavy (non-hydrogen) atoms. The Morgan fingerprint density at radius 3 is 2.94 bits per heavy atom. The average molecular weight is 233 g/mol. The van der Waals surface area contributed by atoms with E-state index in [1.165, 1.54) is 0 Å². The molecule has 6 nitrogen and oxygen atoms in total. The van der Waals surface area contributed by atoms with Crippen LogP contribution in [-0.4, -0.2) is 21.9 Å². The first kappa shape index (κ1) is 11.3. The van der Waals surface area contributed by atoms with Gasteiger partial charge in [-0.3, -0.25) is 4.68 Å². The van der Waals surface area contributed by atoms with Crippen LogP contribution in [0, 0.1) is 0 Å². The molecule has 0 aliphatic carbocycles. The number of hydrogen-bond acceptors (Lipinski definition) is 5. The summed E-state index contributed by atoms with van der Waals surface area (Å²) in [4.78, 5) is 4.12. The Hall–Kier alpha value is -2.24. The molecular formula is C11H15N5O. The average Bonchev–Trinajstić information content (AvgIpc) is 2.74. The predicted molar refractivity (Wildman–Crippen MR) is 65.7 cm³/mol. The number of aromatic nitrogens is 3. The molecule has 0 fully saturated rings. The van der Waals surface area contributed by atoms with Crippen molar-refractivity contribution in [1.29, 1.82) is 0 Å². The lowest BCUT2D eigenvalue weighted by Crippen LogP contribution is -2.03. The lowest BCUT2D eigenvalue weighted by molar-refractivity contribution is 0.417. The maximum absolute atomic E-state index is 5.73. The van der Waals surface area contributed by atoms with Crippen molar-refractivity contribution in [3.05, 3.63) is 30.4 Å². The van der Waals surface area contributed by atoms with Crippen molar-refractivity contribution in [3.8, 4) is 5.75 Å². The maximum atomic E-state index is 5.73. The summed E-state index contributed by atoms with van der Waals surface area (Å²) in [6.07, 6.45) is 1.67. The van der Waals surface area contributed by atoms with E-state index in [1.807, 2.05) is 19.2 Å². The highest BCUT2D eigenvalue weighted by Gasteiger charge is 2.02. The molecule has 1 aromatic carbocycles. The molecule has 0 saturated heterocycles. The molecule has 0 spiro atoms. The number of aryl methyl sites for hydroxylation is 1. The van der Waals surface area contributed by atoms with Crippen molar-refractivity contribution >= 4 is 11.4 Å². The van der Waals surface area contributed by atoms with E-state index in [0.717, 1.165) is 11.5 Å². The van der Waals surface area contributed by atoms with Crippen LogP contribution in [0.1, 0.15) is 5.82 Å². The van der Waals surface area contributed by atoms with Gasteiger partial charge in [0.2, 0.25) is 0 Å². The summed E-state index contributed by atoms with van der Waals surface area (Å²) < 4.78 is 6.81. The van der Waals surface area contributed by atoms with Crippen molar-refractivity contribution in [2.75, 3.05) is 18.2 Å². The van der Waals surface area contributed by atoms with Gasteiger partial charge in [-0.1, -0.05) is 0 Å². The van der Waals surface area contributed by atoms with Crippen LogP contribution in [0.5, 0.6) is 5.75 Å². The van der Waals surface area contributed by atoms with E-state index in [0.29, 0.717) is 18.0 Å². The van der Waals surface area contributed by atoms with Crippen LogP contribution in [0.2, 0.25) is 0 Å². The highest BCUT2D eigenvalue weighted by atomic mass is 16.5. The second-order valence-electron chi connectivity index (χ2n) is 3.64. The van der Waals surface area contributed by atoms with Crippen molar-refractivity contribution in [1.82, 2.24) is 14.8 Å². The molecule has 1 aromatic heterocycles. The molecule has 2 rings (SSSR count). The number of nitrogens with two attached hydrogens (primary N) is 1. The zero-order valence-electron chi connectivity index (χ0n) is 9.84. The van der Waals surface area contributed by atoms with Gasteiger partial charge in [0.05, 0.1) is 19.3 Å². The highest BCUT2D eigenvalue weighted by molar-refractivity contribution is 5.61. The summed E-state index contributed by atoms with van der Waals surface area (Å²) in [6, 6.07) is 5.53. The van der Waals surface area contributed by atoms with Crippen LogP contribution >= 0.6 is 0 Å². The summed E-state index contributed by atoms with van der Waals surface area (Å²) in [5.74, 6) is 1.40. The number of benzene rings is 1. The van der Waals surface area contributed by atoms with Gasteiger partial charge in [0.1, 0.15) is 12.1 Å². The van der Waals surface area contributed by atoms with E-state index in [2.05, 4.69) is 15.4 Å². The minimum atomic E-state index is 0.563. The van der Waals surface area contributed by atoms with Crippen LogP contribution in [0.3, 0.4) is 0 Å². The number of ether oxygens (including phenoxy) is 1. The first-order valence-electron chi connectivity index (χ1n) is 5.21. The molecule has 0 unspecified atom stereocenters. The van der Waals surface area contributed by atoms with Gasteiger partial charge < -0.3 is 15.8 Å². The number of nitrogens with zero attached hydrogens (tertiary/aromatic N) is 3. The topological polar surface area (TPSA) is 78.0 Å². The molecule has 6 heteroatoms. The Balaban J connectivity index is 2.04. The molecule has 0 atom stereocenters. The van der Waals surface area contributed by atoms with Crippen molar-refractivity contribution < 1.29 is 4.74 Å². The summed E-state index contributed by atoms with van der Waals surface area (Å²) in [7, 11) is 3.43. The first-order valence-corrected chi connectivity index (χ1v) is 5.21. The minimum absolute atomic E-state index is 0.563. The smallest absolute Gasteiger partial charge is 0.169 e. The SMILES string of the molecule is COc1cc(NCc2ncn(C)n2)ccc1N. The normalized spacial score (nSPS) is 10.2. The van der Waals surface area contributed by atoms with Crippen LogP contribution in [0.15, 0.2) is 24.5 Å². The fraction of sp³-hybridized carbons (Fsp3) is 0.273. The summed E-state index contributed by atoms with van der Waals surface area (Å²) in [5.41, 5.74) is 7.27. The monoisotopic (exact) mass is 233 g/mol. The third-order valence-corrected chi connectivity index (χ3v) is 2.33. The third-order valence-electron chi connectivity index (χ3n) is 2.33. The quantitative estimate of drug-likeness (QED) is 0.771. The van der Waals surface area contributed by atoms with Crippen LogP contribution in [0.25, 0.3) is 0 Å². The molecule has 0 aliphatic heterocycles. The first-order chi connectivity index (χ1) is 8.19. The maximum Gasteiger partial charge on any atom is 0.169 e. The number of nitrogens with one attached hydrogen (secondary N) is 1. The molecule has 90 valence electrons. The van der Waals surface area contributed by atoms with E-state index in [-0.39, 0.29) is 0 Å². The zero-order chi connectivity index (χ0) is 12.3. The van der Waals surface area contributed by atoms with Gasteiger partial charge in [0, 0.05) is 18.8 Å². The van der Waals surface area contributed by atoms with Gasteiger partial charge in [0.25, 0.3) is 0 Å². The number of anilines is 2. The van der Waals surface area contributed by atoms with Gasteiger partial charge in [-0.25, -0.2) is 4.98 Å². The molecule has 0 radical (unpaired) electrons. The zero-order valence-corrected chi connectivity index (χ0v) is 9.84. The number of rotatable bonds is 4. The predicted octanol–water partition coefficient (Wildman–Crippen LogP) is 1.02. The van der Waals surface area contributed by atoms with Crippen LogP contribution in [-0.2, 0) is 13.6 Å². The number of methoxy groups -OCH3 is 1. The van der Waals surface area contributed by atoms with Gasteiger partial charge in [0.15, 0.2) is 5.82 Å². The van der Waals surface area contributed by atoms with Crippen molar-refractivity contribution in [3.63, 3.8) is 0 Å². The number of nitrogen functional groups attached to an aromatic ring is 1. The molecule has 3 N–H and O–H groups in total. The summed E-state index contributed by atoms with van der Waals surface area (Å²) in [6.45, 7) is 0.563.